The molecule has 1 rings (SSSR count). The molecule has 0 radical (unpaired) electrons. The van der Waals surface area contributed by atoms with Gasteiger partial charge >= 0.3 is 0 Å². The van der Waals surface area contributed by atoms with E-state index >= 15 is 0 Å². The average Bonchev–Trinajstić information content (AvgIpc) is 2.18. The minimum absolute atomic E-state index is 0.635. The van der Waals surface area contributed by atoms with E-state index in [0.717, 1.165) is 12.0 Å². The van der Waals surface area contributed by atoms with Crippen LogP contribution < -0.4 is 0 Å². The Balaban J connectivity index is 2.82. The molecule has 1 unspecified atom stereocenters. The van der Waals surface area contributed by atoms with Gasteiger partial charge in [0.05, 0.1) is 6.07 Å². The van der Waals surface area contributed by atoms with Gasteiger partial charge in [-0.15, -0.1) is 6.58 Å². The minimum atomic E-state index is -1.02. The number of rotatable bonds is 3. The van der Waals surface area contributed by atoms with Crippen LogP contribution in [-0.2, 0) is 6.42 Å². The SMILES string of the molecule is C=CCc1ccc(C(O)C#N)cc1. The molecule has 0 amide bonds. The summed E-state index contributed by atoms with van der Waals surface area (Å²) in [6.07, 6.45) is 1.61. The summed E-state index contributed by atoms with van der Waals surface area (Å²) in [4.78, 5) is 0. The summed E-state index contributed by atoms with van der Waals surface area (Å²) in [5, 5.41) is 17.6. The predicted octanol–water partition coefficient (Wildman–Crippen LogP) is 1.97. The van der Waals surface area contributed by atoms with Crippen molar-refractivity contribution in [3.63, 3.8) is 0 Å². The van der Waals surface area contributed by atoms with Crippen LogP contribution in [0, 0.1) is 11.3 Å². The van der Waals surface area contributed by atoms with Crippen molar-refractivity contribution in [2.24, 2.45) is 0 Å². The van der Waals surface area contributed by atoms with Gasteiger partial charge in [0.1, 0.15) is 0 Å². The van der Waals surface area contributed by atoms with E-state index in [1.54, 1.807) is 18.2 Å². The van der Waals surface area contributed by atoms with Crippen molar-refractivity contribution in [1.29, 1.82) is 5.26 Å². The van der Waals surface area contributed by atoms with Crippen molar-refractivity contribution in [2.45, 2.75) is 12.5 Å². The van der Waals surface area contributed by atoms with Crippen LogP contribution in [0.1, 0.15) is 17.2 Å². The van der Waals surface area contributed by atoms with Crippen molar-refractivity contribution >= 4 is 0 Å². The Bertz CT molecular complexity index is 321. The van der Waals surface area contributed by atoms with Crippen molar-refractivity contribution in [3.8, 4) is 6.07 Å². The molecule has 1 aromatic rings. The van der Waals surface area contributed by atoms with Crippen LogP contribution >= 0.6 is 0 Å². The smallest absolute Gasteiger partial charge is 0.165 e. The number of aliphatic hydroxyl groups excluding tert-OH is 1. The van der Waals surface area contributed by atoms with Gasteiger partial charge in [0.25, 0.3) is 0 Å². The molecular formula is C11H11NO. The quantitative estimate of drug-likeness (QED) is 0.561. The molecule has 0 aliphatic carbocycles. The lowest BCUT2D eigenvalue weighted by Gasteiger charge is -2.02. The fraction of sp³-hybridized carbons (Fsp3) is 0.182. The molecule has 0 aliphatic heterocycles. The van der Waals surface area contributed by atoms with Crippen LogP contribution in [0.25, 0.3) is 0 Å². The molecule has 2 nitrogen and oxygen atoms in total. The van der Waals surface area contributed by atoms with Gasteiger partial charge in [0.15, 0.2) is 6.10 Å². The summed E-state index contributed by atoms with van der Waals surface area (Å²) in [7, 11) is 0. The maximum atomic E-state index is 9.17. The van der Waals surface area contributed by atoms with Crippen molar-refractivity contribution in [2.75, 3.05) is 0 Å². The van der Waals surface area contributed by atoms with Gasteiger partial charge in [0.2, 0.25) is 0 Å². The number of hydrogen-bond donors (Lipinski definition) is 1. The maximum absolute atomic E-state index is 9.17. The van der Waals surface area contributed by atoms with Gasteiger partial charge < -0.3 is 5.11 Å². The molecule has 0 heterocycles. The Kier molecular flexibility index (Phi) is 3.24. The lowest BCUT2D eigenvalue weighted by Crippen LogP contribution is -1.93. The molecule has 1 atom stereocenters. The fourth-order valence-electron chi connectivity index (χ4n) is 1.08. The highest BCUT2D eigenvalue weighted by Gasteiger charge is 2.03. The largest absolute Gasteiger partial charge is 0.374 e. The Morgan fingerprint density at radius 1 is 1.46 bits per heavy atom. The molecule has 0 bridgehead atoms. The third kappa shape index (κ3) is 2.43. The van der Waals surface area contributed by atoms with Gasteiger partial charge in [-0.3, -0.25) is 0 Å². The van der Waals surface area contributed by atoms with Gasteiger partial charge in [-0.05, 0) is 17.5 Å². The molecular weight excluding hydrogens is 162 g/mol. The minimum Gasteiger partial charge on any atom is -0.374 e. The maximum Gasteiger partial charge on any atom is 0.165 e. The molecule has 0 aromatic heterocycles. The molecule has 0 saturated heterocycles. The topological polar surface area (TPSA) is 44.0 Å². The monoisotopic (exact) mass is 173 g/mol. The van der Waals surface area contributed by atoms with E-state index in [4.69, 9.17) is 10.4 Å². The summed E-state index contributed by atoms with van der Waals surface area (Å²) in [5.74, 6) is 0. The first-order chi connectivity index (χ1) is 6.27. The van der Waals surface area contributed by atoms with Crippen LogP contribution in [0.3, 0.4) is 0 Å². The second-order valence-corrected chi connectivity index (χ2v) is 2.77. The second-order valence-electron chi connectivity index (χ2n) is 2.77. The van der Waals surface area contributed by atoms with Gasteiger partial charge in [0, 0.05) is 0 Å². The highest BCUT2D eigenvalue weighted by Crippen LogP contribution is 2.12. The summed E-state index contributed by atoms with van der Waals surface area (Å²) in [5.41, 5.74) is 1.76. The predicted molar refractivity (Wildman–Crippen MR) is 50.9 cm³/mol. The van der Waals surface area contributed by atoms with Crippen LogP contribution in [0.15, 0.2) is 36.9 Å². The molecule has 66 valence electrons. The van der Waals surface area contributed by atoms with Crippen LogP contribution in [0.4, 0.5) is 0 Å². The van der Waals surface area contributed by atoms with Crippen molar-refractivity contribution in [3.05, 3.63) is 48.0 Å². The van der Waals surface area contributed by atoms with E-state index in [2.05, 4.69) is 6.58 Å². The summed E-state index contributed by atoms with van der Waals surface area (Å²) in [6.45, 7) is 3.63. The number of benzene rings is 1. The fourth-order valence-corrected chi connectivity index (χ4v) is 1.08. The highest BCUT2D eigenvalue weighted by atomic mass is 16.3. The van der Waals surface area contributed by atoms with E-state index in [1.165, 1.54) is 0 Å². The summed E-state index contributed by atoms with van der Waals surface area (Å²) in [6, 6.07) is 9.05. The summed E-state index contributed by atoms with van der Waals surface area (Å²) < 4.78 is 0. The third-order valence-electron chi connectivity index (χ3n) is 1.80. The van der Waals surface area contributed by atoms with E-state index in [-0.39, 0.29) is 0 Å². The normalized spacial score (nSPS) is 11.7. The number of nitriles is 1. The van der Waals surface area contributed by atoms with Crippen LogP contribution in [0.2, 0.25) is 0 Å². The first-order valence-corrected chi connectivity index (χ1v) is 4.05. The zero-order valence-corrected chi connectivity index (χ0v) is 7.27. The average molecular weight is 173 g/mol. The van der Waals surface area contributed by atoms with Gasteiger partial charge in [-0.25, -0.2) is 0 Å². The highest BCUT2D eigenvalue weighted by molar-refractivity contribution is 5.27. The third-order valence-corrected chi connectivity index (χ3v) is 1.80. The Morgan fingerprint density at radius 3 is 2.54 bits per heavy atom. The zero-order valence-electron chi connectivity index (χ0n) is 7.27. The van der Waals surface area contributed by atoms with E-state index in [9.17, 15) is 0 Å². The first kappa shape index (κ1) is 9.50. The van der Waals surface area contributed by atoms with Gasteiger partial charge in [-0.1, -0.05) is 30.3 Å². The molecule has 1 aromatic carbocycles. The molecule has 0 spiro atoms. The number of hydrogen-bond acceptors (Lipinski definition) is 2. The Labute approximate surface area is 77.8 Å². The Hall–Kier alpha value is -1.59. The molecule has 13 heavy (non-hydrogen) atoms. The molecule has 0 fully saturated rings. The molecule has 1 N–H and O–H groups in total. The standard InChI is InChI=1S/C11H11NO/c1-2-3-9-4-6-10(7-5-9)11(13)8-12/h2,4-7,11,13H,1,3H2. The number of aliphatic hydroxyl groups is 1. The lowest BCUT2D eigenvalue weighted by molar-refractivity contribution is 0.236. The van der Waals surface area contributed by atoms with E-state index < -0.39 is 6.10 Å². The Morgan fingerprint density at radius 2 is 2.08 bits per heavy atom. The zero-order chi connectivity index (χ0) is 9.68. The molecule has 0 saturated carbocycles. The number of allylic oxidation sites excluding steroid dienone is 1. The first-order valence-electron chi connectivity index (χ1n) is 4.05. The van der Waals surface area contributed by atoms with Crippen molar-refractivity contribution in [1.82, 2.24) is 0 Å². The number of nitrogens with zero attached hydrogens (tertiary/aromatic N) is 1. The van der Waals surface area contributed by atoms with Crippen molar-refractivity contribution < 1.29 is 5.11 Å². The van der Waals surface area contributed by atoms with E-state index in [1.807, 2.05) is 18.2 Å². The van der Waals surface area contributed by atoms with Crippen LogP contribution in [-0.4, -0.2) is 5.11 Å². The van der Waals surface area contributed by atoms with E-state index in [0.29, 0.717) is 5.56 Å². The summed E-state index contributed by atoms with van der Waals surface area (Å²) >= 11 is 0. The van der Waals surface area contributed by atoms with Gasteiger partial charge in [-0.2, -0.15) is 5.26 Å². The van der Waals surface area contributed by atoms with Crippen LogP contribution in [0.5, 0.6) is 0 Å². The lowest BCUT2D eigenvalue weighted by atomic mass is 10.1. The second kappa shape index (κ2) is 4.44. The molecule has 2 heteroatoms. The molecule has 0 aliphatic rings.